The predicted octanol–water partition coefficient (Wildman–Crippen LogP) is 1.55. The van der Waals surface area contributed by atoms with E-state index in [9.17, 15) is 22.0 Å². The van der Waals surface area contributed by atoms with E-state index < -0.39 is 31.5 Å². The Morgan fingerprint density at radius 2 is 2.00 bits per heavy atom. The number of aryl methyl sites for hydroxylation is 1. The van der Waals surface area contributed by atoms with Gasteiger partial charge in [0.15, 0.2) is 0 Å². The van der Waals surface area contributed by atoms with Crippen LogP contribution in [0.1, 0.15) is 17.7 Å². The molecule has 1 aromatic heterocycles. The van der Waals surface area contributed by atoms with Crippen molar-refractivity contribution in [1.29, 1.82) is 0 Å². The quantitative estimate of drug-likeness (QED) is 0.818. The number of aromatic nitrogens is 1. The Morgan fingerprint density at radius 3 is 2.40 bits per heavy atom. The van der Waals surface area contributed by atoms with Crippen LogP contribution in [-0.4, -0.2) is 13.4 Å². The minimum atomic E-state index is -4.31. The molecule has 0 unspecified atom stereocenters. The van der Waals surface area contributed by atoms with Crippen molar-refractivity contribution in [2.75, 3.05) is 0 Å². The number of aromatic amines is 1. The van der Waals surface area contributed by atoms with Gasteiger partial charge in [-0.2, -0.15) is 0 Å². The molecule has 4 nitrogen and oxygen atoms in total. The normalized spacial score (nSPS) is 12.1. The SMILES string of the molecule is Cc1[nH]c(=O)c(S(=O)(=O)Cl)cc1C(F)F. The van der Waals surface area contributed by atoms with Gasteiger partial charge in [-0.1, -0.05) is 0 Å². The summed E-state index contributed by atoms with van der Waals surface area (Å²) in [4.78, 5) is 12.2. The van der Waals surface area contributed by atoms with E-state index in [1.807, 2.05) is 4.98 Å². The highest BCUT2D eigenvalue weighted by atomic mass is 35.7. The maximum absolute atomic E-state index is 12.4. The van der Waals surface area contributed by atoms with Gasteiger partial charge < -0.3 is 4.98 Å². The van der Waals surface area contributed by atoms with Crippen molar-refractivity contribution in [1.82, 2.24) is 4.98 Å². The summed E-state index contributed by atoms with van der Waals surface area (Å²) in [6.07, 6.45) is -2.88. The van der Waals surface area contributed by atoms with Gasteiger partial charge in [0, 0.05) is 21.9 Å². The average Bonchev–Trinajstić information content (AvgIpc) is 2.00. The number of H-pyrrole nitrogens is 1. The lowest BCUT2D eigenvalue weighted by molar-refractivity contribution is 0.149. The lowest BCUT2D eigenvalue weighted by Crippen LogP contribution is -2.17. The highest BCUT2D eigenvalue weighted by molar-refractivity contribution is 8.13. The van der Waals surface area contributed by atoms with Gasteiger partial charge in [0.2, 0.25) is 0 Å². The summed E-state index contributed by atoms with van der Waals surface area (Å²) in [5.41, 5.74) is -1.65. The molecule has 0 bridgehead atoms. The number of alkyl halides is 2. The Morgan fingerprint density at radius 1 is 1.47 bits per heavy atom. The van der Waals surface area contributed by atoms with E-state index in [1.165, 1.54) is 6.92 Å². The molecule has 15 heavy (non-hydrogen) atoms. The predicted molar refractivity (Wildman–Crippen MR) is 49.8 cm³/mol. The summed E-state index contributed by atoms with van der Waals surface area (Å²) < 4.78 is 46.4. The third-order valence-corrected chi connectivity index (χ3v) is 3.07. The molecule has 1 N–H and O–H groups in total. The highest BCUT2D eigenvalue weighted by Crippen LogP contribution is 2.23. The fraction of sp³-hybridized carbons (Fsp3) is 0.286. The summed E-state index contributed by atoms with van der Waals surface area (Å²) in [6, 6.07) is 0.584. The Kier molecular flexibility index (Phi) is 3.15. The van der Waals surface area contributed by atoms with Crippen molar-refractivity contribution in [2.45, 2.75) is 18.2 Å². The van der Waals surface area contributed by atoms with E-state index >= 15 is 0 Å². The molecule has 1 heterocycles. The molecule has 0 fully saturated rings. The van der Waals surface area contributed by atoms with Gasteiger partial charge in [-0.3, -0.25) is 4.79 Å². The first-order valence-electron chi connectivity index (χ1n) is 3.70. The minimum absolute atomic E-state index is 0.0842. The van der Waals surface area contributed by atoms with Gasteiger partial charge >= 0.3 is 0 Å². The number of hydrogen-bond acceptors (Lipinski definition) is 3. The molecule has 0 aromatic carbocycles. The van der Waals surface area contributed by atoms with Crippen molar-refractivity contribution >= 4 is 19.7 Å². The van der Waals surface area contributed by atoms with Gasteiger partial charge in [-0.25, -0.2) is 17.2 Å². The maximum atomic E-state index is 12.4. The Hall–Kier alpha value is -0.950. The highest BCUT2D eigenvalue weighted by Gasteiger charge is 2.20. The molecule has 0 saturated carbocycles. The molecule has 1 rings (SSSR count). The zero-order valence-electron chi connectivity index (χ0n) is 7.42. The number of nitrogens with one attached hydrogen (secondary N) is 1. The van der Waals surface area contributed by atoms with Gasteiger partial charge in [-0.05, 0) is 13.0 Å². The first kappa shape index (κ1) is 12.1. The fourth-order valence-electron chi connectivity index (χ4n) is 1.03. The monoisotopic (exact) mass is 257 g/mol. The van der Waals surface area contributed by atoms with Crippen LogP contribution in [0.2, 0.25) is 0 Å². The van der Waals surface area contributed by atoms with Gasteiger partial charge in [0.25, 0.3) is 21.0 Å². The zero-order chi connectivity index (χ0) is 11.8. The first-order chi connectivity index (χ1) is 6.73. The molecular weight excluding hydrogens is 252 g/mol. The van der Waals surface area contributed by atoms with Crippen molar-refractivity contribution < 1.29 is 17.2 Å². The molecule has 8 heteroatoms. The second kappa shape index (κ2) is 3.90. The van der Waals surface area contributed by atoms with E-state index in [0.29, 0.717) is 6.07 Å². The number of hydrogen-bond donors (Lipinski definition) is 1. The number of halogens is 3. The van der Waals surface area contributed by atoms with E-state index in [-0.39, 0.29) is 5.69 Å². The molecule has 0 radical (unpaired) electrons. The zero-order valence-corrected chi connectivity index (χ0v) is 8.99. The second-order valence-electron chi connectivity index (χ2n) is 2.78. The number of rotatable bonds is 2. The summed E-state index contributed by atoms with van der Waals surface area (Å²) >= 11 is 0. The molecule has 84 valence electrons. The third kappa shape index (κ3) is 2.54. The van der Waals surface area contributed by atoms with E-state index in [4.69, 9.17) is 10.7 Å². The van der Waals surface area contributed by atoms with Gasteiger partial charge in [0.05, 0.1) is 0 Å². The molecule has 0 aliphatic heterocycles. The molecule has 0 aliphatic carbocycles. The van der Waals surface area contributed by atoms with Gasteiger partial charge in [-0.15, -0.1) is 0 Å². The van der Waals surface area contributed by atoms with Crippen LogP contribution >= 0.6 is 10.7 Å². The Bertz CT molecular complexity index is 538. The van der Waals surface area contributed by atoms with E-state index in [2.05, 4.69) is 0 Å². The lowest BCUT2D eigenvalue weighted by atomic mass is 10.2. The second-order valence-corrected chi connectivity index (χ2v) is 5.32. The van der Waals surface area contributed by atoms with Crippen LogP contribution in [0.4, 0.5) is 8.78 Å². The van der Waals surface area contributed by atoms with E-state index in [1.54, 1.807) is 0 Å². The standard InChI is InChI=1S/C7H6ClF2NO3S/c1-3-4(6(9)10)2-5(7(12)11-3)15(8,13)14/h2,6H,1H3,(H,11,12). The summed E-state index contributed by atoms with van der Waals surface area (Å²) in [5.74, 6) is 0. The molecule has 1 aromatic rings. The van der Waals surface area contributed by atoms with Crippen LogP contribution < -0.4 is 5.56 Å². The fourth-order valence-corrected chi connectivity index (χ4v) is 1.91. The molecule has 0 saturated heterocycles. The summed E-state index contributed by atoms with van der Waals surface area (Å²) in [5, 5.41) is 0. The molecule has 0 aliphatic rings. The molecule has 0 spiro atoms. The van der Waals surface area contributed by atoms with Gasteiger partial charge in [0.1, 0.15) is 4.90 Å². The van der Waals surface area contributed by atoms with Crippen LogP contribution in [0.15, 0.2) is 15.8 Å². The van der Waals surface area contributed by atoms with Crippen molar-refractivity contribution in [3.63, 3.8) is 0 Å². The summed E-state index contributed by atoms with van der Waals surface area (Å²) in [6.45, 7) is 1.24. The lowest BCUT2D eigenvalue weighted by Gasteiger charge is -2.05. The van der Waals surface area contributed by atoms with Crippen LogP contribution in [0.5, 0.6) is 0 Å². The van der Waals surface area contributed by atoms with Crippen molar-refractivity contribution in [3.05, 3.63) is 27.7 Å². The Balaban J connectivity index is 3.58. The topological polar surface area (TPSA) is 67.0 Å². The summed E-state index contributed by atoms with van der Waals surface area (Å²) in [7, 11) is 0.589. The van der Waals surface area contributed by atoms with Crippen LogP contribution in [-0.2, 0) is 9.05 Å². The first-order valence-corrected chi connectivity index (χ1v) is 6.01. The van der Waals surface area contributed by atoms with Crippen LogP contribution in [0.25, 0.3) is 0 Å². The minimum Gasteiger partial charge on any atom is -0.325 e. The molecule has 0 amide bonds. The average molecular weight is 258 g/mol. The van der Waals surface area contributed by atoms with Crippen LogP contribution in [0.3, 0.4) is 0 Å². The smallest absolute Gasteiger partial charge is 0.268 e. The maximum Gasteiger partial charge on any atom is 0.268 e. The number of pyridine rings is 1. The van der Waals surface area contributed by atoms with Crippen LogP contribution in [0, 0.1) is 6.92 Å². The van der Waals surface area contributed by atoms with Crippen molar-refractivity contribution in [2.24, 2.45) is 0 Å². The molecular formula is C7H6ClF2NO3S. The largest absolute Gasteiger partial charge is 0.325 e. The van der Waals surface area contributed by atoms with Crippen molar-refractivity contribution in [3.8, 4) is 0 Å². The molecule has 0 atom stereocenters. The third-order valence-electron chi connectivity index (χ3n) is 1.74. The van der Waals surface area contributed by atoms with E-state index in [0.717, 1.165) is 0 Å². The Labute approximate surface area is 88.3 Å².